The molecule has 13 heteroatoms. The minimum absolute atomic E-state index is 0.0114. The molecule has 0 atom stereocenters. The number of amides is 1. The Labute approximate surface area is 176 Å². The molecular weight excluding hydrogens is 439 g/mol. The largest absolute Gasteiger partial charge is 0.378 e. The van der Waals surface area contributed by atoms with E-state index >= 15 is 0 Å². The molecule has 146 valence electrons. The van der Waals surface area contributed by atoms with Gasteiger partial charge in [0, 0.05) is 0 Å². The van der Waals surface area contributed by atoms with E-state index < -0.39 is 5.91 Å². The van der Waals surface area contributed by atoms with Crippen molar-refractivity contribution in [3.63, 3.8) is 0 Å². The van der Waals surface area contributed by atoms with Gasteiger partial charge in [0.15, 0.2) is 5.69 Å². The number of carbonyl (C=O) groups is 1. The molecule has 10 nitrogen and oxygen atoms in total. The summed E-state index contributed by atoms with van der Waals surface area (Å²) in [6, 6.07) is 8.58. The minimum atomic E-state index is -0.578. The first-order valence-corrected chi connectivity index (χ1v) is 9.54. The van der Waals surface area contributed by atoms with Gasteiger partial charge in [-0.05, 0) is 39.5 Å². The normalized spacial score (nSPS) is 11.2. The Balaban J connectivity index is 1.63. The van der Waals surface area contributed by atoms with Crippen LogP contribution >= 0.6 is 34.5 Å². The average molecular weight is 449 g/mol. The van der Waals surface area contributed by atoms with Gasteiger partial charge in [-0.25, -0.2) is 10.1 Å². The highest BCUT2D eigenvalue weighted by atomic mass is 35.5. The zero-order valence-electron chi connectivity index (χ0n) is 14.3. The van der Waals surface area contributed by atoms with Crippen molar-refractivity contribution < 1.29 is 9.42 Å². The van der Waals surface area contributed by atoms with Gasteiger partial charge in [-0.1, -0.05) is 40.5 Å². The fourth-order valence-corrected chi connectivity index (χ4v) is 3.43. The first-order chi connectivity index (χ1) is 14.0. The van der Waals surface area contributed by atoms with E-state index in [-0.39, 0.29) is 17.3 Å². The molecule has 0 bridgehead atoms. The molecule has 0 radical (unpaired) electrons. The van der Waals surface area contributed by atoms with E-state index in [2.05, 4.69) is 35.8 Å². The molecule has 4 aromatic rings. The van der Waals surface area contributed by atoms with E-state index in [1.54, 1.807) is 24.3 Å². The summed E-state index contributed by atoms with van der Waals surface area (Å²) in [5, 5.41) is 21.7. The lowest BCUT2D eigenvalue weighted by Gasteiger charge is -2.03. The highest BCUT2D eigenvalue weighted by Gasteiger charge is 2.25. The molecule has 0 unspecified atom stereocenters. The topological polar surface area (TPSA) is 137 Å². The zero-order chi connectivity index (χ0) is 20.4. The first-order valence-electron chi connectivity index (χ1n) is 7.91. The fraction of sp³-hybridized carbons (Fsp3) is 0. The Morgan fingerprint density at radius 3 is 2.83 bits per heavy atom. The number of nitrogen functional groups attached to an aromatic ring is 1. The summed E-state index contributed by atoms with van der Waals surface area (Å²) in [7, 11) is 0. The Hall–Kier alpha value is -3.28. The predicted molar refractivity (Wildman–Crippen MR) is 108 cm³/mol. The average Bonchev–Trinajstić information content (AvgIpc) is 3.44. The Kier molecular flexibility index (Phi) is 5.25. The van der Waals surface area contributed by atoms with Crippen LogP contribution in [0.2, 0.25) is 10.0 Å². The van der Waals surface area contributed by atoms with Gasteiger partial charge in [-0.2, -0.15) is 9.78 Å². The fourth-order valence-electron chi connectivity index (χ4n) is 2.37. The van der Waals surface area contributed by atoms with Crippen molar-refractivity contribution in [2.24, 2.45) is 5.10 Å². The monoisotopic (exact) mass is 448 g/mol. The molecule has 3 aromatic heterocycles. The summed E-state index contributed by atoms with van der Waals surface area (Å²) in [4.78, 5) is 13.4. The third-order valence-electron chi connectivity index (χ3n) is 3.66. The van der Waals surface area contributed by atoms with Gasteiger partial charge in [-0.15, -0.1) is 16.4 Å². The van der Waals surface area contributed by atoms with Crippen molar-refractivity contribution in [3.05, 3.63) is 57.0 Å². The number of hydrogen-bond donors (Lipinski definition) is 2. The SMILES string of the molecule is Nc1nonc1-n1nnc(C(=O)N/N=C/c2ccc(Cl)c(Cl)c2)c1-c1cccs1. The minimum Gasteiger partial charge on any atom is -0.378 e. The molecule has 0 saturated heterocycles. The number of hydrogen-bond acceptors (Lipinski definition) is 9. The van der Waals surface area contributed by atoms with Gasteiger partial charge >= 0.3 is 0 Å². The third kappa shape index (κ3) is 3.83. The number of benzene rings is 1. The molecule has 0 aliphatic carbocycles. The number of nitrogens with zero attached hydrogens (tertiary/aromatic N) is 6. The maximum atomic E-state index is 12.7. The summed E-state index contributed by atoms with van der Waals surface area (Å²) < 4.78 is 5.91. The van der Waals surface area contributed by atoms with Crippen LogP contribution in [-0.4, -0.2) is 37.4 Å². The van der Waals surface area contributed by atoms with Gasteiger partial charge in [-0.3, -0.25) is 4.79 Å². The van der Waals surface area contributed by atoms with E-state index in [0.717, 1.165) is 4.88 Å². The van der Waals surface area contributed by atoms with E-state index in [1.807, 2.05) is 11.4 Å². The molecule has 0 saturated carbocycles. The Bertz CT molecular complexity index is 1200. The van der Waals surface area contributed by atoms with Crippen LogP contribution in [0.5, 0.6) is 0 Å². The quantitative estimate of drug-likeness (QED) is 0.353. The molecule has 29 heavy (non-hydrogen) atoms. The molecule has 1 amide bonds. The molecule has 0 spiro atoms. The van der Waals surface area contributed by atoms with Crippen LogP contribution in [0, 0.1) is 0 Å². The van der Waals surface area contributed by atoms with Crippen LogP contribution in [-0.2, 0) is 0 Å². The smallest absolute Gasteiger partial charge is 0.294 e. The van der Waals surface area contributed by atoms with Crippen molar-refractivity contribution in [2.75, 3.05) is 5.73 Å². The summed E-state index contributed by atoms with van der Waals surface area (Å²) in [5.41, 5.74) is 9.22. The Morgan fingerprint density at radius 2 is 2.14 bits per heavy atom. The van der Waals surface area contributed by atoms with Gasteiger partial charge in [0.25, 0.3) is 5.91 Å². The number of hydrazone groups is 1. The maximum Gasteiger partial charge on any atom is 0.294 e. The van der Waals surface area contributed by atoms with E-state index in [9.17, 15) is 4.79 Å². The van der Waals surface area contributed by atoms with Crippen molar-refractivity contribution in [1.29, 1.82) is 0 Å². The van der Waals surface area contributed by atoms with Crippen molar-refractivity contribution in [2.45, 2.75) is 0 Å². The zero-order valence-corrected chi connectivity index (χ0v) is 16.6. The highest BCUT2D eigenvalue weighted by molar-refractivity contribution is 7.13. The van der Waals surface area contributed by atoms with Crippen LogP contribution in [0.25, 0.3) is 16.4 Å². The van der Waals surface area contributed by atoms with Crippen LogP contribution in [0.4, 0.5) is 5.82 Å². The number of nitrogens with two attached hydrogens (primary N) is 1. The first kappa shape index (κ1) is 19.1. The van der Waals surface area contributed by atoms with Gasteiger partial charge in [0.1, 0.15) is 5.69 Å². The lowest BCUT2D eigenvalue weighted by molar-refractivity contribution is 0.0951. The summed E-state index contributed by atoms with van der Waals surface area (Å²) in [6.45, 7) is 0. The molecule has 1 aromatic carbocycles. The Morgan fingerprint density at radius 1 is 1.28 bits per heavy atom. The molecule has 3 heterocycles. The molecule has 0 aliphatic rings. The van der Waals surface area contributed by atoms with E-state index in [4.69, 9.17) is 28.9 Å². The summed E-state index contributed by atoms with van der Waals surface area (Å²) >= 11 is 13.2. The lowest BCUT2D eigenvalue weighted by atomic mass is 10.2. The summed E-state index contributed by atoms with van der Waals surface area (Å²) in [6.07, 6.45) is 1.43. The number of carbonyl (C=O) groups excluding carboxylic acids is 1. The molecule has 0 aliphatic heterocycles. The van der Waals surface area contributed by atoms with Crippen molar-refractivity contribution in [3.8, 4) is 16.4 Å². The molecular formula is C16H10Cl2N8O2S. The number of anilines is 1. The van der Waals surface area contributed by atoms with Crippen LogP contribution in [0.1, 0.15) is 16.1 Å². The highest BCUT2D eigenvalue weighted by Crippen LogP contribution is 2.29. The van der Waals surface area contributed by atoms with Gasteiger partial charge in [0.2, 0.25) is 11.6 Å². The second-order valence-corrected chi connectivity index (χ2v) is 7.28. The number of nitrogens with one attached hydrogen (secondary N) is 1. The second-order valence-electron chi connectivity index (χ2n) is 5.52. The summed E-state index contributed by atoms with van der Waals surface area (Å²) in [5.74, 6) is -0.442. The van der Waals surface area contributed by atoms with Gasteiger partial charge in [0.05, 0.1) is 21.1 Å². The number of thiophene rings is 1. The lowest BCUT2D eigenvalue weighted by Crippen LogP contribution is -2.19. The second kappa shape index (κ2) is 7.99. The number of halogens is 2. The van der Waals surface area contributed by atoms with E-state index in [0.29, 0.717) is 21.3 Å². The molecule has 3 N–H and O–H groups in total. The predicted octanol–water partition coefficient (Wildman–Crippen LogP) is 3.03. The maximum absolute atomic E-state index is 12.7. The third-order valence-corrected chi connectivity index (χ3v) is 5.28. The van der Waals surface area contributed by atoms with Crippen LogP contribution in [0.15, 0.2) is 45.4 Å². The van der Waals surface area contributed by atoms with Crippen LogP contribution < -0.4 is 11.2 Å². The standard InChI is InChI=1S/C16H10Cl2N8O2S/c17-9-4-3-8(6-10(9)18)7-20-22-16(27)12-13(11-2-1-5-29-11)26(25-21-12)15-14(19)23-28-24-15/h1-7H,(H2,19,23)(H,22,27)/b20-7+. The van der Waals surface area contributed by atoms with Crippen molar-refractivity contribution >= 4 is 52.5 Å². The number of aromatic nitrogens is 5. The van der Waals surface area contributed by atoms with Crippen molar-refractivity contribution in [1.82, 2.24) is 30.7 Å². The van der Waals surface area contributed by atoms with Crippen LogP contribution in [0.3, 0.4) is 0 Å². The van der Waals surface area contributed by atoms with Gasteiger partial charge < -0.3 is 5.73 Å². The molecule has 0 fully saturated rings. The molecule has 4 rings (SSSR count). The number of rotatable bonds is 5. The van der Waals surface area contributed by atoms with E-state index in [1.165, 1.54) is 22.2 Å².